The first-order valence-electron chi connectivity index (χ1n) is 7.43. The van der Waals surface area contributed by atoms with Crippen molar-refractivity contribution >= 4 is 33.1 Å². The fourth-order valence-electron chi connectivity index (χ4n) is 1.97. The molecule has 0 aliphatic rings. The predicted octanol–water partition coefficient (Wildman–Crippen LogP) is 6.01. The van der Waals surface area contributed by atoms with Gasteiger partial charge in [0.15, 0.2) is 0 Å². The highest BCUT2D eigenvalue weighted by Crippen LogP contribution is 2.15. The van der Waals surface area contributed by atoms with E-state index in [9.17, 15) is 0 Å². The molecule has 0 radical (unpaired) electrons. The Morgan fingerprint density at radius 3 is 2.04 bits per heavy atom. The molecule has 0 saturated carbocycles. The monoisotopic (exact) mass is 378 g/mol. The Labute approximate surface area is 149 Å². The number of azo groups is 1. The van der Waals surface area contributed by atoms with Gasteiger partial charge in [0.05, 0.1) is 11.4 Å². The Morgan fingerprint density at radius 1 is 0.750 bits per heavy atom. The predicted molar refractivity (Wildman–Crippen MR) is 102 cm³/mol. The van der Waals surface area contributed by atoms with Gasteiger partial charge in [-0.2, -0.15) is 5.10 Å². The summed E-state index contributed by atoms with van der Waals surface area (Å²) in [7, 11) is 0. The van der Waals surface area contributed by atoms with Crippen LogP contribution in [0.25, 0.3) is 0 Å². The highest BCUT2D eigenvalue weighted by Gasteiger charge is 2.03. The van der Waals surface area contributed by atoms with Crippen LogP contribution in [0.3, 0.4) is 0 Å². The van der Waals surface area contributed by atoms with Gasteiger partial charge in [-0.1, -0.05) is 52.3 Å². The third-order valence-corrected chi connectivity index (χ3v) is 3.71. The van der Waals surface area contributed by atoms with E-state index in [0.717, 1.165) is 21.4 Å². The maximum Gasteiger partial charge on any atom is 0.201 e. The minimum absolute atomic E-state index is 0.509. The number of hydrazone groups is 1. The minimum atomic E-state index is 0.509. The summed E-state index contributed by atoms with van der Waals surface area (Å²) in [6.07, 6.45) is 0. The number of rotatable bonds is 4. The van der Waals surface area contributed by atoms with E-state index in [1.165, 1.54) is 0 Å². The molecule has 0 heterocycles. The Bertz CT molecular complexity index is 828. The SMILES string of the molecule is Brc1ccc(/C(N=Nc2ccccc2)=N\Nc2ccccc2)cc1. The van der Waals surface area contributed by atoms with Crippen molar-refractivity contribution in [2.75, 3.05) is 5.43 Å². The summed E-state index contributed by atoms with van der Waals surface area (Å²) in [6.45, 7) is 0. The Kier molecular flexibility index (Phi) is 5.48. The zero-order valence-electron chi connectivity index (χ0n) is 12.8. The van der Waals surface area contributed by atoms with Crippen molar-refractivity contribution in [3.05, 3.63) is 95.0 Å². The van der Waals surface area contributed by atoms with Crippen molar-refractivity contribution in [3.63, 3.8) is 0 Å². The highest BCUT2D eigenvalue weighted by molar-refractivity contribution is 9.10. The summed E-state index contributed by atoms with van der Waals surface area (Å²) in [5.74, 6) is 0.509. The quantitative estimate of drug-likeness (QED) is 0.257. The molecule has 5 heteroatoms. The van der Waals surface area contributed by atoms with E-state index in [0.29, 0.717) is 5.84 Å². The number of halogens is 1. The number of amidine groups is 1. The summed E-state index contributed by atoms with van der Waals surface area (Å²) >= 11 is 3.44. The lowest BCUT2D eigenvalue weighted by atomic mass is 10.2. The number of nitrogens with zero attached hydrogens (tertiary/aromatic N) is 3. The van der Waals surface area contributed by atoms with Crippen molar-refractivity contribution in [3.8, 4) is 0 Å². The van der Waals surface area contributed by atoms with Crippen molar-refractivity contribution in [2.45, 2.75) is 0 Å². The van der Waals surface area contributed by atoms with E-state index in [2.05, 4.69) is 36.7 Å². The smallest absolute Gasteiger partial charge is 0.201 e. The third kappa shape index (κ3) is 4.60. The van der Waals surface area contributed by atoms with Gasteiger partial charge in [-0.25, -0.2) is 0 Å². The van der Waals surface area contributed by atoms with Gasteiger partial charge in [0.1, 0.15) is 0 Å². The first kappa shape index (κ1) is 16.1. The van der Waals surface area contributed by atoms with Gasteiger partial charge < -0.3 is 0 Å². The lowest BCUT2D eigenvalue weighted by Crippen LogP contribution is -2.01. The van der Waals surface area contributed by atoms with E-state index in [1.54, 1.807) is 0 Å². The molecule has 0 fully saturated rings. The number of anilines is 1. The molecule has 0 saturated heterocycles. The summed E-state index contributed by atoms with van der Waals surface area (Å²) in [5, 5.41) is 13.0. The van der Waals surface area contributed by atoms with Crippen LogP contribution in [0.5, 0.6) is 0 Å². The largest absolute Gasteiger partial charge is 0.276 e. The normalized spacial score (nSPS) is 11.6. The maximum atomic E-state index is 4.40. The van der Waals surface area contributed by atoms with Crippen molar-refractivity contribution in [2.24, 2.45) is 15.3 Å². The first-order valence-corrected chi connectivity index (χ1v) is 8.22. The topological polar surface area (TPSA) is 49.1 Å². The molecule has 0 spiro atoms. The fourth-order valence-corrected chi connectivity index (χ4v) is 2.24. The van der Waals surface area contributed by atoms with Gasteiger partial charge in [-0.05, 0) is 48.5 Å². The summed E-state index contributed by atoms with van der Waals surface area (Å²) < 4.78 is 1.00. The van der Waals surface area contributed by atoms with Crippen molar-refractivity contribution in [1.29, 1.82) is 0 Å². The molecule has 0 atom stereocenters. The molecule has 3 aromatic rings. The second-order valence-electron chi connectivity index (χ2n) is 4.96. The average molecular weight is 379 g/mol. The van der Waals surface area contributed by atoms with Gasteiger partial charge in [0.25, 0.3) is 0 Å². The molecule has 1 N–H and O–H groups in total. The zero-order chi connectivity index (χ0) is 16.6. The van der Waals surface area contributed by atoms with E-state index in [1.807, 2.05) is 84.9 Å². The highest BCUT2D eigenvalue weighted by atomic mass is 79.9. The van der Waals surface area contributed by atoms with Gasteiger partial charge in [-0.3, -0.25) is 5.43 Å². The van der Waals surface area contributed by atoms with Crippen LogP contribution in [0, 0.1) is 0 Å². The molecule has 24 heavy (non-hydrogen) atoms. The van der Waals surface area contributed by atoms with Gasteiger partial charge in [0.2, 0.25) is 5.84 Å². The molecule has 3 aromatic carbocycles. The molecule has 0 aliphatic heterocycles. The lowest BCUT2D eigenvalue weighted by Gasteiger charge is -2.03. The second kappa shape index (κ2) is 8.17. The number of hydrogen-bond donors (Lipinski definition) is 1. The summed E-state index contributed by atoms with van der Waals surface area (Å²) in [5.41, 5.74) is 5.56. The Hall–Kier alpha value is -2.79. The molecule has 118 valence electrons. The first-order chi connectivity index (χ1) is 11.8. The van der Waals surface area contributed by atoms with E-state index < -0.39 is 0 Å². The third-order valence-electron chi connectivity index (χ3n) is 3.18. The van der Waals surface area contributed by atoms with E-state index in [4.69, 9.17) is 0 Å². The molecule has 0 bridgehead atoms. The van der Waals surface area contributed by atoms with Crippen LogP contribution in [0.15, 0.2) is 105 Å². The number of nitrogens with one attached hydrogen (secondary N) is 1. The molecule has 0 aromatic heterocycles. The molecule has 0 amide bonds. The van der Waals surface area contributed by atoms with Crippen LogP contribution < -0.4 is 5.43 Å². The van der Waals surface area contributed by atoms with Crippen LogP contribution >= 0.6 is 15.9 Å². The fraction of sp³-hybridized carbons (Fsp3) is 0. The zero-order valence-corrected chi connectivity index (χ0v) is 14.4. The van der Waals surface area contributed by atoms with Crippen LogP contribution in [0.1, 0.15) is 5.56 Å². The number of benzene rings is 3. The summed E-state index contributed by atoms with van der Waals surface area (Å²) in [4.78, 5) is 0. The van der Waals surface area contributed by atoms with E-state index in [-0.39, 0.29) is 0 Å². The number of para-hydroxylation sites is 1. The Balaban J connectivity index is 1.88. The van der Waals surface area contributed by atoms with Crippen molar-refractivity contribution < 1.29 is 0 Å². The lowest BCUT2D eigenvalue weighted by molar-refractivity contribution is 1.22. The average Bonchev–Trinajstić information content (AvgIpc) is 2.64. The van der Waals surface area contributed by atoms with Crippen LogP contribution in [-0.2, 0) is 0 Å². The molecular formula is C19H15BrN4. The van der Waals surface area contributed by atoms with Gasteiger partial charge >= 0.3 is 0 Å². The molecule has 0 aliphatic carbocycles. The second-order valence-corrected chi connectivity index (χ2v) is 5.87. The van der Waals surface area contributed by atoms with Crippen molar-refractivity contribution in [1.82, 2.24) is 0 Å². The van der Waals surface area contributed by atoms with Crippen LogP contribution in [0.4, 0.5) is 11.4 Å². The van der Waals surface area contributed by atoms with E-state index >= 15 is 0 Å². The van der Waals surface area contributed by atoms with Gasteiger partial charge in [-0.15, -0.1) is 10.2 Å². The molecule has 4 nitrogen and oxygen atoms in total. The molecule has 0 unspecified atom stereocenters. The molecule has 3 rings (SSSR count). The maximum absolute atomic E-state index is 4.40. The number of hydrogen-bond acceptors (Lipinski definition) is 3. The minimum Gasteiger partial charge on any atom is -0.276 e. The standard InChI is InChI=1S/C19H15BrN4/c20-16-13-11-15(12-14-16)19(23-21-17-7-3-1-4-8-17)24-22-18-9-5-2-6-10-18/h1-14,21H/b23-19+,24-22?. The van der Waals surface area contributed by atoms with Crippen LogP contribution in [0.2, 0.25) is 0 Å². The van der Waals surface area contributed by atoms with Crippen LogP contribution in [-0.4, -0.2) is 5.84 Å². The Morgan fingerprint density at radius 2 is 1.38 bits per heavy atom. The van der Waals surface area contributed by atoms with Gasteiger partial charge in [0, 0.05) is 10.0 Å². The summed E-state index contributed by atoms with van der Waals surface area (Å²) in [6, 6.07) is 27.1. The molecular weight excluding hydrogens is 364 g/mol.